The first-order valence-corrected chi connectivity index (χ1v) is 10.8. The summed E-state index contributed by atoms with van der Waals surface area (Å²) >= 11 is 12.1. The molecule has 0 spiro atoms. The molecule has 4 aromatic rings. The SMILES string of the molecule is Nc1ccc(-c2ncc3c(n2)CCN(Cc2ccc(-c4ccc(Cl)c(Cl)c4)o2)C3)cc1. The highest BCUT2D eigenvalue weighted by Crippen LogP contribution is 2.30. The quantitative estimate of drug-likeness (QED) is 0.394. The van der Waals surface area contributed by atoms with Gasteiger partial charge in [0.25, 0.3) is 0 Å². The van der Waals surface area contributed by atoms with Gasteiger partial charge in [-0.1, -0.05) is 23.2 Å². The number of halogens is 2. The Morgan fingerprint density at radius 2 is 1.77 bits per heavy atom. The number of hydrogen-bond acceptors (Lipinski definition) is 5. The zero-order valence-corrected chi connectivity index (χ0v) is 18.2. The molecule has 5 rings (SSSR count). The average molecular weight is 451 g/mol. The predicted octanol–water partition coefficient (Wildman–Crippen LogP) is 5.85. The summed E-state index contributed by atoms with van der Waals surface area (Å²) in [4.78, 5) is 11.7. The Hall–Kier alpha value is -2.86. The molecular weight excluding hydrogens is 431 g/mol. The fourth-order valence-corrected chi connectivity index (χ4v) is 4.07. The van der Waals surface area contributed by atoms with Gasteiger partial charge in [0.1, 0.15) is 11.5 Å². The summed E-state index contributed by atoms with van der Waals surface area (Å²) in [6, 6.07) is 17.1. The Labute approximate surface area is 190 Å². The third-order valence-corrected chi connectivity index (χ3v) is 6.17. The lowest BCUT2D eigenvalue weighted by molar-refractivity contribution is 0.224. The van der Waals surface area contributed by atoms with E-state index in [1.807, 2.05) is 54.7 Å². The number of nitrogens with zero attached hydrogens (tertiary/aromatic N) is 3. The molecule has 0 amide bonds. The van der Waals surface area contributed by atoms with E-state index in [0.29, 0.717) is 10.0 Å². The first-order valence-electron chi connectivity index (χ1n) is 10.0. The molecule has 1 aliphatic heterocycles. The van der Waals surface area contributed by atoms with Crippen molar-refractivity contribution in [3.8, 4) is 22.7 Å². The van der Waals surface area contributed by atoms with Crippen molar-refractivity contribution in [2.24, 2.45) is 0 Å². The van der Waals surface area contributed by atoms with Crippen molar-refractivity contribution < 1.29 is 4.42 Å². The smallest absolute Gasteiger partial charge is 0.159 e. The molecule has 7 heteroatoms. The number of aromatic nitrogens is 2. The minimum absolute atomic E-state index is 0.517. The second-order valence-corrected chi connectivity index (χ2v) is 8.46. The summed E-state index contributed by atoms with van der Waals surface area (Å²) in [5.74, 6) is 2.43. The number of nitrogen functional groups attached to an aromatic ring is 1. The molecule has 156 valence electrons. The first-order chi connectivity index (χ1) is 15.0. The molecule has 2 aromatic heterocycles. The molecule has 0 bridgehead atoms. The Morgan fingerprint density at radius 3 is 2.58 bits per heavy atom. The van der Waals surface area contributed by atoms with Gasteiger partial charge in [-0.3, -0.25) is 4.90 Å². The molecule has 1 aliphatic rings. The van der Waals surface area contributed by atoms with Gasteiger partial charge in [-0.2, -0.15) is 0 Å². The Morgan fingerprint density at radius 1 is 0.968 bits per heavy atom. The van der Waals surface area contributed by atoms with Crippen LogP contribution in [0, 0.1) is 0 Å². The van der Waals surface area contributed by atoms with E-state index < -0.39 is 0 Å². The zero-order valence-electron chi connectivity index (χ0n) is 16.7. The molecule has 0 saturated carbocycles. The maximum Gasteiger partial charge on any atom is 0.159 e. The topological polar surface area (TPSA) is 68.2 Å². The molecule has 0 saturated heterocycles. The number of benzene rings is 2. The van der Waals surface area contributed by atoms with Crippen molar-refractivity contribution in [3.05, 3.63) is 87.9 Å². The normalized spacial score (nSPS) is 13.9. The lowest BCUT2D eigenvalue weighted by Crippen LogP contribution is -2.30. The van der Waals surface area contributed by atoms with Crippen molar-refractivity contribution in [2.45, 2.75) is 19.5 Å². The number of hydrogen-bond donors (Lipinski definition) is 1. The lowest BCUT2D eigenvalue weighted by atomic mass is 10.1. The molecule has 0 aliphatic carbocycles. The van der Waals surface area contributed by atoms with E-state index in [9.17, 15) is 0 Å². The fraction of sp³-hybridized carbons (Fsp3) is 0.167. The van der Waals surface area contributed by atoms with Crippen molar-refractivity contribution >= 4 is 28.9 Å². The summed E-state index contributed by atoms with van der Waals surface area (Å²) in [5, 5.41) is 1.05. The number of fused-ring (bicyclic) bond motifs is 1. The molecule has 5 nitrogen and oxygen atoms in total. The number of rotatable bonds is 4. The van der Waals surface area contributed by atoms with Gasteiger partial charge in [-0.05, 0) is 54.6 Å². The zero-order chi connectivity index (χ0) is 21.4. The number of furan rings is 1. The van der Waals surface area contributed by atoms with Gasteiger partial charge in [0.15, 0.2) is 5.82 Å². The summed E-state index contributed by atoms with van der Waals surface area (Å²) in [7, 11) is 0. The van der Waals surface area contributed by atoms with Gasteiger partial charge in [-0.25, -0.2) is 9.97 Å². The summed E-state index contributed by atoms with van der Waals surface area (Å²) in [6.07, 6.45) is 2.81. The third kappa shape index (κ3) is 4.30. The van der Waals surface area contributed by atoms with E-state index in [1.54, 1.807) is 6.07 Å². The number of nitrogens with two attached hydrogens (primary N) is 1. The average Bonchev–Trinajstić information content (AvgIpc) is 3.24. The van der Waals surface area contributed by atoms with Crippen LogP contribution in [0.2, 0.25) is 10.0 Å². The van der Waals surface area contributed by atoms with Crippen LogP contribution in [0.4, 0.5) is 5.69 Å². The van der Waals surface area contributed by atoms with Gasteiger partial charge >= 0.3 is 0 Å². The van der Waals surface area contributed by atoms with Crippen LogP contribution in [0.5, 0.6) is 0 Å². The standard InChI is InChI=1S/C24H20Cl2N4O/c25-20-7-3-16(11-21(20)26)23-8-6-19(31-23)14-30-10-9-22-17(13-30)12-28-24(29-22)15-1-4-18(27)5-2-15/h1-8,11-12H,9-10,13-14,27H2. The van der Waals surface area contributed by atoms with E-state index in [1.165, 1.54) is 0 Å². The Kier molecular flexibility index (Phi) is 5.40. The van der Waals surface area contributed by atoms with E-state index in [4.69, 9.17) is 38.3 Å². The molecule has 0 fully saturated rings. The Balaban J connectivity index is 1.28. The van der Waals surface area contributed by atoms with Crippen molar-refractivity contribution in [1.82, 2.24) is 14.9 Å². The summed E-state index contributed by atoms with van der Waals surface area (Å²) < 4.78 is 6.06. The van der Waals surface area contributed by atoms with Crippen LogP contribution in [0.15, 0.2) is 65.2 Å². The van der Waals surface area contributed by atoms with Crippen molar-refractivity contribution in [1.29, 1.82) is 0 Å². The van der Waals surface area contributed by atoms with E-state index in [2.05, 4.69) is 9.88 Å². The van der Waals surface area contributed by atoms with Crippen LogP contribution in [0.25, 0.3) is 22.7 Å². The molecule has 31 heavy (non-hydrogen) atoms. The van der Waals surface area contributed by atoms with Crippen LogP contribution < -0.4 is 5.73 Å². The molecule has 2 aromatic carbocycles. The highest BCUT2D eigenvalue weighted by atomic mass is 35.5. The first kappa shape index (κ1) is 20.1. The molecule has 0 radical (unpaired) electrons. The summed E-state index contributed by atoms with van der Waals surface area (Å²) in [5.41, 5.74) is 10.7. The van der Waals surface area contributed by atoms with Gasteiger partial charge in [0.2, 0.25) is 0 Å². The van der Waals surface area contributed by atoms with E-state index >= 15 is 0 Å². The molecule has 0 unspecified atom stereocenters. The Bertz CT molecular complexity index is 1240. The number of anilines is 1. The van der Waals surface area contributed by atoms with Crippen LogP contribution in [-0.2, 0) is 19.5 Å². The van der Waals surface area contributed by atoms with Gasteiger partial charge in [-0.15, -0.1) is 0 Å². The van der Waals surface area contributed by atoms with Gasteiger partial charge in [0, 0.05) is 48.1 Å². The van der Waals surface area contributed by atoms with Gasteiger partial charge in [0.05, 0.1) is 22.3 Å². The molecule has 3 heterocycles. The van der Waals surface area contributed by atoms with E-state index in [-0.39, 0.29) is 0 Å². The lowest BCUT2D eigenvalue weighted by Gasteiger charge is -2.27. The van der Waals surface area contributed by atoms with Crippen molar-refractivity contribution in [2.75, 3.05) is 12.3 Å². The van der Waals surface area contributed by atoms with Crippen LogP contribution in [0.1, 0.15) is 17.0 Å². The van der Waals surface area contributed by atoms with Crippen molar-refractivity contribution in [3.63, 3.8) is 0 Å². The highest BCUT2D eigenvalue weighted by Gasteiger charge is 2.20. The monoisotopic (exact) mass is 450 g/mol. The summed E-state index contributed by atoms with van der Waals surface area (Å²) in [6.45, 7) is 2.43. The largest absolute Gasteiger partial charge is 0.460 e. The van der Waals surface area contributed by atoms with Gasteiger partial charge < -0.3 is 10.2 Å². The predicted molar refractivity (Wildman–Crippen MR) is 124 cm³/mol. The van der Waals surface area contributed by atoms with E-state index in [0.717, 1.165) is 71.5 Å². The second kappa shape index (κ2) is 8.35. The minimum atomic E-state index is 0.517. The highest BCUT2D eigenvalue weighted by molar-refractivity contribution is 6.42. The molecule has 0 atom stereocenters. The molecular formula is C24H20Cl2N4O. The van der Waals surface area contributed by atoms with Crippen LogP contribution in [0.3, 0.4) is 0 Å². The maximum atomic E-state index is 6.13. The maximum absolute atomic E-state index is 6.13. The second-order valence-electron chi connectivity index (χ2n) is 7.64. The fourth-order valence-electron chi connectivity index (χ4n) is 3.77. The molecule has 2 N–H and O–H groups in total. The third-order valence-electron chi connectivity index (χ3n) is 5.43. The van der Waals surface area contributed by atoms with Crippen LogP contribution >= 0.6 is 23.2 Å². The minimum Gasteiger partial charge on any atom is -0.460 e. The van der Waals surface area contributed by atoms with Crippen LogP contribution in [-0.4, -0.2) is 21.4 Å².